The normalized spacial score (nSPS) is 10.5. The van der Waals surface area contributed by atoms with Crippen molar-refractivity contribution in [2.45, 2.75) is 32.8 Å². The summed E-state index contributed by atoms with van der Waals surface area (Å²) in [4.78, 5) is 0. The minimum atomic E-state index is 0.492. The molecule has 5 nitrogen and oxygen atoms in total. The van der Waals surface area contributed by atoms with Gasteiger partial charge in [0, 0.05) is 12.1 Å². The molecule has 3 aromatic carbocycles. The van der Waals surface area contributed by atoms with Crippen molar-refractivity contribution < 1.29 is 23.7 Å². The molecule has 0 aliphatic rings. The van der Waals surface area contributed by atoms with E-state index in [0.717, 1.165) is 53.6 Å². The minimum absolute atomic E-state index is 0.492. The van der Waals surface area contributed by atoms with Crippen molar-refractivity contribution >= 4 is 0 Å². The van der Waals surface area contributed by atoms with Gasteiger partial charge < -0.3 is 23.7 Å². The molecule has 0 radical (unpaired) electrons. The Morgan fingerprint density at radius 1 is 0.594 bits per heavy atom. The van der Waals surface area contributed by atoms with Crippen LogP contribution in [0.5, 0.6) is 28.7 Å². The molecule has 0 aliphatic carbocycles. The van der Waals surface area contributed by atoms with Crippen LogP contribution in [-0.4, -0.2) is 27.9 Å². The van der Waals surface area contributed by atoms with Crippen molar-refractivity contribution in [1.82, 2.24) is 0 Å². The fourth-order valence-corrected chi connectivity index (χ4v) is 3.54. The Kier molecular flexibility index (Phi) is 8.67. The van der Waals surface area contributed by atoms with E-state index < -0.39 is 0 Å². The number of rotatable bonds is 12. The predicted molar refractivity (Wildman–Crippen MR) is 127 cm³/mol. The lowest BCUT2D eigenvalue weighted by atomic mass is 10.0. The van der Waals surface area contributed by atoms with Crippen LogP contribution in [0.15, 0.2) is 60.7 Å². The summed E-state index contributed by atoms with van der Waals surface area (Å²) in [6, 6.07) is 19.9. The van der Waals surface area contributed by atoms with Gasteiger partial charge in [-0.25, -0.2) is 0 Å². The Balaban J connectivity index is 1.61. The summed E-state index contributed by atoms with van der Waals surface area (Å²) in [5.74, 6) is 4.17. The zero-order valence-corrected chi connectivity index (χ0v) is 19.4. The quantitative estimate of drug-likeness (QED) is 0.356. The van der Waals surface area contributed by atoms with Gasteiger partial charge in [-0.3, -0.25) is 0 Å². The predicted octanol–water partition coefficient (Wildman–Crippen LogP) is 5.87. The molecule has 0 atom stereocenters. The second-order valence-electron chi connectivity index (χ2n) is 7.37. The van der Waals surface area contributed by atoms with Crippen molar-refractivity contribution in [2.24, 2.45) is 0 Å². The van der Waals surface area contributed by atoms with E-state index in [9.17, 15) is 0 Å². The summed E-state index contributed by atoms with van der Waals surface area (Å²) in [6.45, 7) is 3.10. The monoisotopic (exact) mass is 436 g/mol. The summed E-state index contributed by atoms with van der Waals surface area (Å²) in [7, 11) is 5.01. The van der Waals surface area contributed by atoms with Gasteiger partial charge in [-0.2, -0.15) is 0 Å². The van der Waals surface area contributed by atoms with Crippen LogP contribution in [0, 0.1) is 0 Å². The zero-order valence-electron chi connectivity index (χ0n) is 19.4. The maximum absolute atomic E-state index is 5.98. The molecule has 32 heavy (non-hydrogen) atoms. The lowest BCUT2D eigenvalue weighted by molar-refractivity contribution is 0.298. The summed E-state index contributed by atoms with van der Waals surface area (Å²) in [5.41, 5.74) is 3.43. The molecule has 0 fully saturated rings. The Morgan fingerprint density at radius 2 is 1.19 bits per heavy atom. The third kappa shape index (κ3) is 6.33. The van der Waals surface area contributed by atoms with Gasteiger partial charge >= 0.3 is 0 Å². The van der Waals surface area contributed by atoms with Crippen LogP contribution < -0.4 is 23.7 Å². The van der Waals surface area contributed by atoms with Crippen LogP contribution in [0.25, 0.3) is 0 Å². The second-order valence-corrected chi connectivity index (χ2v) is 7.37. The number of methoxy groups -OCH3 is 3. The second kappa shape index (κ2) is 11.9. The first-order valence-electron chi connectivity index (χ1n) is 10.9. The molecule has 170 valence electrons. The van der Waals surface area contributed by atoms with E-state index in [4.69, 9.17) is 23.7 Å². The Bertz CT molecular complexity index is 982. The highest BCUT2D eigenvalue weighted by Crippen LogP contribution is 2.29. The number of aryl methyl sites for hydroxylation is 2. The Labute approximate surface area is 190 Å². The average Bonchev–Trinajstić information content (AvgIpc) is 2.84. The smallest absolute Gasteiger partial charge is 0.126 e. The van der Waals surface area contributed by atoms with Gasteiger partial charge in [-0.1, -0.05) is 24.3 Å². The number of benzene rings is 3. The van der Waals surface area contributed by atoms with Gasteiger partial charge in [0.1, 0.15) is 35.4 Å². The SMILES string of the molecule is CCOc1cc(OCc2ccc(OC)cc2)ccc1CCCc1ccc(OC)cc1OC. The first-order valence-corrected chi connectivity index (χ1v) is 10.9. The molecule has 0 aromatic heterocycles. The molecule has 0 saturated heterocycles. The number of ether oxygens (including phenoxy) is 5. The van der Waals surface area contributed by atoms with Crippen LogP contribution in [0.4, 0.5) is 0 Å². The van der Waals surface area contributed by atoms with E-state index in [1.165, 1.54) is 11.1 Å². The molecule has 0 spiro atoms. The molecule has 0 aliphatic heterocycles. The largest absolute Gasteiger partial charge is 0.497 e. The lowest BCUT2D eigenvalue weighted by Gasteiger charge is -2.14. The van der Waals surface area contributed by atoms with Gasteiger partial charge in [0.05, 0.1) is 27.9 Å². The zero-order chi connectivity index (χ0) is 22.8. The molecular weight excluding hydrogens is 404 g/mol. The van der Waals surface area contributed by atoms with E-state index in [2.05, 4.69) is 12.1 Å². The van der Waals surface area contributed by atoms with Gasteiger partial charge in [0.25, 0.3) is 0 Å². The van der Waals surface area contributed by atoms with Crippen LogP contribution in [-0.2, 0) is 19.4 Å². The van der Waals surface area contributed by atoms with Gasteiger partial charge in [-0.15, -0.1) is 0 Å². The van der Waals surface area contributed by atoms with E-state index >= 15 is 0 Å². The van der Waals surface area contributed by atoms with Crippen LogP contribution >= 0.6 is 0 Å². The van der Waals surface area contributed by atoms with Gasteiger partial charge in [0.2, 0.25) is 0 Å². The minimum Gasteiger partial charge on any atom is -0.497 e. The van der Waals surface area contributed by atoms with Crippen molar-refractivity contribution in [2.75, 3.05) is 27.9 Å². The molecular formula is C27H32O5. The van der Waals surface area contributed by atoms with Gasteiger partial charge in [0.15, 0.2) is 0 Å². The molecule has 5 heteroatoms. The van der Waals surface area contributed by atoms with E-state index in [1.807, 2.05) is 55.5 Å². The van der Waals surface area contributed by atoms with Crippen LogP contribution in [0.3, 0.4) is 0 Å². The molecule has 0 N–H and O–H groups in total. The van der Waals surface area contributed by atoms with E-state index in [1.54, 1.807) is 21.3 Å². The molecule has 0 saturated carbocycles. The summed E-state index contributed by atoms with van der Waals surface area (Å²) in [6.07, 6.45) is 2.80. The fourth-order valence-electron chi connectivity index (χ4n) is 3.54. The third-order valence-electron chi connectivity index (χ3n) is 5.29. The van der Waals surface area contributed by atoms with Crippen molar-refractivity contribution in [3.05, 3.63) is 77.4 Å². The lowest BCUT2D eigenvalue weighted by Crippen LogP contribution is -2.01. The maximum atomic E-state index is 5.98. The fraction of sp³-hybridized carbons (Fsp3) is 0.333. The first-order chi connectivity index (χ1) is 15.7. The first kappa shape index (κ1) is 23.3. The Hall–Kier alpha value is -3.34. The Morgan fingerprint density at radius 3 is 1.81 bits per heavy atom. The summed E-state index contributed by atoms with van der Waals surface area (Å²) >= 11 is 0. The molecule has 3 rings (SSSR count). The van der Waals surface area contributed by atoms with Crippen LogP contribution in [0.2, 0.25) is 0 Å². The highest BCUT2D eigenvalue weighted by atomic mass is 16.5. The van der Waals surface area contributed by atoms with Crippen molar-refractivity contribution in [1.29, 1.82) is 0 Å². The number of hydrogen-bond acceptors (Lipinski definition) is 5. The topological polar surface area (TPSA) is 46.2 Å². The number of hydrogen-bond donors (Lipinski definition) is 0. The van der Waals surface area contributed by atoms with E-state index in [0.29, 0.717) is 13.2 Å². The molecule has 0 heterocycles. The highest BCUT2D eigenvalue weighted by Gasteiger charge is 2.09. The third-order valence-corrected chi connectivity index (χ3v) is 5.29. The highest BCUT2D eigenvalue weighted by molar-refractivity contribution is 5.42. The van der Waals surface area contributed by atoms with Gasteiger partial charge in [-0.05, 0) is 67.1 Å². The van der Waals surface area contributed by atoms with E-state index in [-0.39, 0.29) is 0 Å². The molecule has 0 unspecified atom stereocenters. The summed E-state index contributed by atoms with van der Waals surface area (Å²) in [5, 5.41) is 0. The molecule has 0 amide bonds. The standard InChI is InChI=1S/C27H32O5/c1-5-31-27-18-25(32-19-20-9-13-23(28-2)14-10-20)16-12-22(27)8-6-7-21-11-15-24(29-3)17-26(21)30-4/h9-18H,5-8,19H2,1-4H3. The maximum Gasteiger partial charge on any atom is 0.126 e. The summed E-state index contributed by atoms with van der Waals surface area (Å²) < 4.78 is 27.9. The van der Waals surface area contributed by atoms with Crippen LogP contribution in [0.1, 0.15) is 30.0 Å². The van der Waals surface area contributed by atoms with Crippen molar-refractivity contribution in [3.8, 4) is 28.7 Å². The average molecular weight is 437 g/mol. The molecule has 0 bridgehead atoms. The van der Waals surface area contributed by atoms with Crippen molar-refractivity contribution in [3.63, 3.8) is 0 Å². The molecule has 3 aromatic rings.